The van der Waals surface area contributed by atoms with E-state index in [0.29, 0.717) is 0 Å². The van der Waals surface area contributed by atoms with Gasteiger partial charge in [0.1, 0.15) is 5.82 Å². The van der Waals surface area contributed by atoms with Crippen LogP contribution in [0.3, 0.4) is 0 Å². The normalized spacial score (nSPS) is 10.9. The monoisotopic (exact) mass is 324 g/mol. The Kier molecular flexibility index (Phi) is 5.16. The number of halogens is 2. The van der Waals surface area contributed by atoms with E-state index in [1.54, 1.807) is 0 Å². The van der Waals surface area contributed by atoms with E-state index in [1.807, 2.05) is 6.07 Å². The summed E-state index contributed by atoms with van der Waals surface area (Å²) in [7, 11) is 0. The molecule has 0 fully saturated rings. The number of hydrogen-bond donors (Lipinski definition) is 1. The van der Waals surface area contributed by atoms with Crippen LogP contribution in [-0.2, 0) is 13.1 Å². The summed E-state index contributed by atoms with van der Waals surface area (Å²) in [6, 6.07) is 6.92. The molecular weight excluding hydrogens is 307 g/mol. The molecule has 2 aromatic rings. The van der Waals surface area contributed by atoms with Crippen molar-refractivity contribution in [1.82, 2.24) is 9.88 Å². The fraction of sp³-hybridized carbons (Fsp3) is 0.333. The molecule has 0 atom stereocenters. The highest BCUT2D eigenvalue weighted by molar-refractivity contribution is 9.10. The maximum Gasteiger partial charge on any atom is 0.124 e. The lowest BCUT2D eigenvalue weighted by Crippen LogP contribution is -2.13. The van der Waals surface area contributed by atoms with Gasteiger partial charge >= 0.3 is 0 Å². The zero-order valence-corrected chi connectivity index (χ0v) is 12.6. The molecule has 1 N–H and O–H groups in total. The third-order valence-corrected chi connectivity index (χ3v) is 3.67. The molecule has 0 bridgehead atoms. The molecule has 0 aliphatic heterocycles. The first kappa shape index (κ1) is 14.3. The van der Waals surface area contributed by atoms with Gasteiger partial charge in [-0.1, -0.05) is 28.9 Å². The lowest BCUT2D eigenvalue weighted by Gasteiger charge is -2.06. The molecule has 1 aromatic heterocycles. The summed E-state index contributed by atoms with van der Waals surface area (Å²) in [4.78, 5) is 0. The molecule has 0 aliphatic rings. The van der Waals surface area contributed by atoms with Crippen molar-refractivity contribution in [2.75, 3.05) is 6.54 Å². The van der Waals surface area contributed by atoms with Crippen molar-refractivity contribution in [3.8, 4) is 0 Å². The predicted molar refractivity (Wildman–Crippen MR) is 79.6 cm³/mol. The largest absolute Gasteiger partial charge is 0.350 e. The van der Waals surface area contributed by atoms with Gasteiger partial charge in [-0.05, 0) is 42.3 Å². The van der Waals surface area contributed by atoms with Crippen molar-refractivity contribution in [2.24, 2.45) is 0 Å². The summed E-state index contributed by atoms with van der Waals surface area (Å²) in [5.41, 5.74) is 2.34. The van der Waals surface area contributed by atoms with Gasteiger partial charge in [0, 0.05) is 30.0 Å². The smallest absolute Gasteiger partial charge is 0.124 e. The fourth-order valence-electron chi connectivity index (χ4n) is 1.95. The highest BCUT2D eigenvalue weighted by Crippen LogP contribution is 2.19. The lowest BCUT2D eigenvalue weighted by molar-refractivity contribution is 0.625. The molecule has 0 unspecified atom stereocenters. The Labute approximate surface area is 121 Å². The number of benzene rings is 1. The molecule has 0 amide bonds. The van der Waals surface area contributed by atoms with E-state index < -0.39 is 0 Å². The summed E-state index contributed by atoms with van der Waals surface area (Å²) in [5.74, 6) is -0.215. The van der Waals surface area contributed by atoms with Crippen LogP contribution >= 0.6 is 15.9 Å². The van der Waals surface area contributed by atoms with Crippen LogP contribution in [0.5, 0.6) is 0 Å². The van der Waals surface area contributed by atoms with Gasteiger partial charge in [-0.3, -0.25) is 0 Å². The first-order valence-corrected chi connectivity index (χ1v) is 7.27. The molecule has 19 heavy (non-hydrogen) atoms. The molecule has 1 aromatic carbocycles. The van der Waals surface area contributed by atoms with Crippen LogP contribution in [0.2, 0.25) is 0 Å². The Morgan fingerprint density at radius 3 is 2.89 bits per heavy atom. The number of rotatable bonds is 6. The van der Waals surface area contributed by atoms with Gasteiger partial charge in [0.05, 0.1) is 0 Å². The maximum atomic E-state index is 13.0. The summed E-state index contributed by atoms with van der Waals surface area (Å²) < 4.78 is 15.9. The Hall–Kier alpha value is -1.13. The van der Waals surface area contributed by atoms with Crippen LogP contribution in [0, 0.1) is 5.82 Å². The van der Waals surface area contributed by atoms with Crippen molar-refractivity contribution < 1.29 is 4.39 Å². The SMILES string of the molecule is CCCNCc1ccn(Cc2ccc(F)cc2Br)c1. The standard InChI is InChI=1S/C15H18BrFN2/c1-2-6-18-9-12-5-7-19(10-12)11-13-3-4-14(17)8-15(13)16/h3-5,7-8,10,18H,2,6,9,11H2,1H3. The van der Waals surface area contributed by atoms with Gasteiger partial charge < -0.3 is 9.88 Å². The van der Waals surface area contributed by atoms with Crippen LogP contribution in [-0.4, -0.2) is 11.1 Å². The third-order valence-electron chi connectivity index (χ3n) is 2.94. The lowest BCUT2D eigenvalue weighted by atomic mass is 10.2. The highest BCUT2D eigenvalue weighted by Gasteiger charge is 2.03. The average Bonchev–Trinajstić information content (AvgIpc) is 2.81. The summed E-state index contributed by atoms with van der Waals surface area (Å²) in [6.07, 6.45) is 5.32. The number of nitrogens with one attached hydrogen (secondary N) is 1. The number of aromatic nitrogens is 1. The molecular formula is C15H18BrFN2. The van der Waals surface area contributed by atoms with Crippen molar-refractivity contribution in [3.05, 3.63) is 58.1 Å². The van der Waals surface area contributed by atoms with Crippen LogP contribution < -0.4 is 5.32 Å². The minimum atomic E-state index is -0.215. The van der Waals surface area contributed by atoms with Crippen molar-refractivity contribution in [3.63, 3.8) is 0 Å². The zero-order valence-electron chi connectivity index (χ0n) is 11.0. The average molecular weight is 325 g/mol. The van der Waals surface area contributed by atoms with Crippen molar-refractivity contribution >= 4 is 15.9 Å². The first-order chi connectivity index (χ1) is 9.19. The van der Waals surface area contributed by atoms with Gasteiger partial charge in [0.15, 0.2) is 0 Å². The van der Waals surface area contributed by atoms with E-state index in [4.69, 9.17) is 0 Å². The minimum Gasteiger partial charge on any atom is -0.350 e. The van der Waals surface area contributed by atoms with Gasteiger partial charge in [-0.2, -0.15) is 0 Å². The zero-order chi connectivity index (χ0) is 13.7. The van der Waals surface area contributed by atoms with Crippen LogP contribution in [0.4, 0.5) is 4.39 Å². The maximum absolute atomic E-state index is 13.0. The third kappa shape index (κ3) is 4.18. The second-order valence-corrected chi connectivity index (χ2v) is 5.46. The summed E-state index contributed by atoms with van der Waals surface area (Å²) in [5, 5.41) is 3.38. The van der Waals surface area contributed by atoms with E-state index in [0.717, 1.165) is 36.1 Å². The second kappa shape index (κ2) is 6.87. The Morgan fingerprint density at radius 1 is 1.32 bits per heavy atom. The molecule has 0 saturated carbocycles. The van der Waals surface area contributed by atoms with Crippen molar-refractivity contribution in [1.29, 1.82) is 0 Å². The number of hydrogen-bond acceptors (Lipinski definition) is 1. The Morgan fingerprint density at radius 2 is 2.16 bits per heavy atom. The highest BCUT2D eigenvalue weighted by atomic mass is 79.9. The molecule has 2 rings (SSSR count). The molecule has 0 radical (unpaired) electrons. The summed E-state index contributed by atoms with van der Waals surface area (Å²) >= 11 is 3.40. The van der Waals surface area contributed by atoms with Crippen LogP contribution in [0.15, 0.2) is 41.1 Å². The van der Waals surface area contributed by atoms with Gasteiger partial charge in [0.2, 0.25) is 0 Å². The van der Waals surface area contributed by atoms with Crippen LogP contribution in [0.1, 0.15) is 24.5 Å². The number of nitrogens with zero attached hydrogens (tertiary/aromatic N) is 1. The van der Waals surface area contributed by atoms with E-state index in [2.05, 4.69) is 51.2 Å². The second-order valence-electron chi connectivity index (χ2n) is 4.60. The summed E-state index contributed by atoms with van der Waals surface area (Å²) in [6.45, 7) is 4.83. The van der Waals surface area contributed by atoms with E-state index in [-0.39, 0.29) is 5.82 Å². The fourth-order valence-corrected chi connectivity index (χ4v) is 2.43. The first-order valence-electron chi connectivity index (χ1n) is 6.48. The Balaban J connectivity index is 1.99. The molecule has 0 aliphatic carbocycles. The molecule has 0 saturated heterocycles. The van der Waals surface area contributed by atoms with E-state index >= 15 is 0 Å². The molecule has 4 heteroatoms. The Bertz CT molecular complexity index is 537. The van der Waals surface area contributed by atoms with Crippen molar-refractivity contribution in [2.45, 2.75) is 26.4 Å². The molecule has 102 valence electrons. The van der Waals surface area contributed by atoms with Crippen LogP contribution in [0.25, 0.3) is 0 Å². The minimum absolute atomic E-state index is 0.215. The molecule has 2 nitrogen and oxygen atoms in total. The predicted octanol–water partition coefficient (Wildman–Crippen LogP) is 3.94. The van der Waals surface area contributed by atoms with Gasteiger partial charge in [-0.25, -0.2) is 4.39 Å². The molecule has 0 spiro atoms. The molecule has 1 heterocycles. The van der Waals surface area contributed by atoms with E-state index in [9.17, 15) is 4.39 Å². The quantitative estimate of drug-likeness (QED) is 0.796. The van der Waals surface area contributed by atoms with Gasteiger partial charge in [-0.15, -0.1) is 0 Å². The van der Waals surface area contributed by atoms with E-state index in [1.165, 1.54) is 17.7 Å². The van der Waals surface area contributed by atoms with Gasteiger partial charge in [0.25, 0.3) is 0 Å². The topological polar surface area (TPSA) is 17.0 Å².